The van der Waals surface area contributed by atoms with Gasteiger partial charge in [0.05, 0.1) is 6.61 Å². The van der Waals surface area contributed by atoms with Gasteiger partial charge in [-0.3, -0.25) is 4.98 Å². The van der Waals surface area contributed by atoms with Crippen molar-refractivity contribution in [2.45, 2.75) is 26.3 Å². The number of nitrogens with zero attached hydrogens (tertiary/aromatic N) is 1. The maximum absolute atomic E-state index is 13.9. The van der Waals surface area contributed by atoms with E-state index < -0.39 is 0 Å². The highest BCUT2D eigenvalue weighted by atomic mass is 19.1. The van der Waals surface area contributed by atoms with E-state index >= 15 is 0 Å². The van der Waals surface area contributed by atoms with Gasteiger partial charge in [0.2, 0.25) is 0 Å². The number of pyridine rings is 1. The van der Waals surface area contributed by atoms with Crippen molar-refractivity contribution >= 4 is 0 Å². The lowest BCUT2D eigenvalue weighted by atomic mass is 10.2. The summed E-state index contributed by atoms with van der Waals surface area (Å²) in [6, 6.07) is 8.93. The standard InChI is InChI=1S/C17H21FN2O/c1-2-9-20-13-15-4-3-5-16(18)17(15)21-12-8-14-6-10-19-11-7-14/h3-7,10-11,20H,2,8-9,12-13H2,1H3. The molecule has 21 heavy (non-hydrogen) atoms. The monoisotopic (exact) mass is 288 g/mol. The molecule has 0 amide bonds. The van der Waals surface area contributed by atoms with Crippen molar-refractivity contribution in [2.24, 2.45) is 0 Å². The van der Waals surface area contributed by atoms with Crippen molar-refractivity contribution in [3.05, 3.63) is 59.7 Å². The molecule has 0 saturated heterocycles. The number of halogens is 1. The summed E-state index contributed by atoms with van der Waals surface area (Å²) >= 11 is 0. The maximum atomic E-state index is 13.9. The quantitative estimate of drug-likeness (QED) is 0.756. The van der Waals surface area contributed by atoms with E-state index in [-0.39, 0.29) is 5.82 Å². The Hall–Kier alpha value is -1.94. The fourth-order valence-electron chi connectivity index (χ4n) is 2.07. The third-order valence-electron chi connectivity index (χ3n) is 3.18. The van der Waals surface area contributed by atoms with Gasteiger partial charge in [-0.25, -0.2) is 4.39 Å². The molecule has 0 unspecified atom stereocenters. The fourth-order valence-corrected chi connectivity index (χ4v) is 2.07. The summed E-state index contributed by atoms with van der Waals surface area (Å²) in [6.45, 7) is 4.08. The molecule has 1 aromatic heterocycles. The number of rotatable bonds is 8. The van der Waals surface area contributed by atoms with Crippen LogP contribution in [0, 0.1) is 5.82 Å². The van der Waals surface area contributed by atoms with Crippen LogP contribution in [0.5, 0.6) is 5.75 Å². The Labute approximate surface area is 125 Å². The molecular weight excluding hydrogens is 267 g/mol. The highest BCUT2D eigenvalue weighted by molar-refractivity contribution is 5.35. The van der Waals surface area contributed by atoms with E-state index in [9.17, 15) is 4.39 Å². The normalized spacial score (nSPS) is 10.6. The SMILES string of the molecule is CCCNCc1cccc(F)c1OCCc1ccncc1. The van der Waals surface area contributed by atoms with Crippen LogP contribution >= 0.6 is 0 Å². The molecule has 0 saturated carbocycles. The minimum absolute atomic E-state index is 0.305. The molecule has 0 aliphatic carbocycles. The average Bonchev–Trinajstić information content (AvgIpc) is 2.51. The number of hydrogen-bond acceptors (Lipinski definition) is 3. The van der Waals surface area contributed by atoms with Crippen LogP contribution in [0.1, 0.15) is 24.5 Å². The van der Waals surface area contributed by atoms with Gasteiger partial charge < -0.3 is 10.1 Å². The van der Waals surface area contributed by atoms with Crippen LogP contribution in [0.3, 0.4) is 0 Å². The number of benzene rings is 1. The average molecular weight is 288 g/mol. The zero-order valence-electron chi connectivity index (χ0n) is 12.3. The van der Waals surface area contributed by atoms with Crippen molar-refractivity contribution in [3.8, 4) is 5.75 Å². The van der Waals surface area contributed by atoms with Crippen molar-refractivity contribution in [1.29, 1.82) is 0 Å². The van der Waals surface area contributed by atoms with Gasteiger partial charge in [0.1, 0.15) is 0 Å². The lowest BCUT2D eigenvalue weighted by molar-refractivity contribution is 0.301. The van der Waals surface area contributed by atoms with Gasteiger partial charge in [-0.05, 0) is 36.7 Å². The number of aromatic nitrogens is 1. The van der Waals surface area contributed by atoms with Crippen LogP contribution in [-0.2, 0) is 13.0 Å². The van der Waals surface area contributed by atoms with Crippen molar-refractivity contribution < 1.29 is 9.13 Å². The second kappa shape index (κ2) is 8.37. The number of ether oxygens (including phenoxy) is 1. The molecule has 4 heteroatoms. The number of nitrogens with one attached hydrogen (secondary N) is 1. The Bertz CT molecular complexity index is 546. The fraction of sp³-hybridized carbons (Fsp3) is 0.353. The van der Waals surface area contributed by atoms with Crippen LogP contribution in [0.4, 0.5) is 4.39 Å². The van der Waals surface area contributed by atoms with Gasteiger partial charge in [0.25, 0.3) is 0 Å². The van der Waals surface area contributed by atoms with Gasteiger partial charge in [0.15, 0.2) is 11.6 Å². The summed E-state index contributed by atoms with van der Waals surface area (Å²) in [5.41, 5.74) is 1.99. The van der Waals surface area contributed by atoms with E-state index in [2.05, 4.69) is 17.2 Å². The molecule has 3 nitrogen and oxygen atoms in total. The molecule has 0 aliphatic rings. The Morgan fingerprint density at radius 2 is 2.00 bits per heavy atom. The molecule has 1 N–H and O–H groups in total. The molecule has 0 aliphatic heterocycles. The van der Waals surface area contributed by atoms with Crippen LogP contribution in [-0.4, -0.2) is 18.1 Å². The molecule has 1 aromatic carbocycles. The summed E-state index contributed by atoms with van der Waals surface area (Å²) < 4.78 is 19.6. The van der Waals surface area contributed by atoms with Gasteiger partial charge in [-0.15, -0.1) is 0 Å². The number of para-hydroxylation sites is 1. The second-order valence-electron chi connectivity index (χ2n) is 4.86. The van der Waals surface area contributed by atoms with E-state index in [0.29, 0.717) is 18.9 Å². The van der Waals surface area contributed by atoms with E-state index in [1.54, 1.807) is 18.5 Å². The molecule has 0 bridgehead atoms. The predicted molar refractivity (Wildman–Crippen MR) is 81.8 cm³/mol. The first-order chi connectivity index (χ1) is 10.3. The topological polar surface area (TPSA) is 34.1 Å². The van der Waals surface area contributed by atoms with Gasteiger partial charge in [-0.1, -0.05) is 19.1 Å². The summed E-state index contributed by atoms with van der Waals surface area (Å²) in [4.78, 5) is 3.97. The summed E-state index contributed by atoms with van der Waals surface area (Å²) in [5, 5.41) is 3.27. The maximum Gasteiger partial charge on any atom is 0.165 e. The Balaban J connectivity index is 1.94. The van der Waals surface area contributed by atoms with Crippen molar-refractivity contribution in [3.63, 3.8) is 0 Å². The molecule has 1 heterocycles. The Morgan fingerprint density at radius 1 is 1.19 bits per heavy atom. The van der Waals surface area contributed by atoms with E-state index in [4.69, 9.17) is 4.74 Å². The zero-order valence-corrected chi connectivity index (χ0v) is 12.3. The Kier molecular flexibility index (Phi) is 6.16. The summed E-state index contributed by atoms with van der Waals surface area (Å²) in [6.07, 6.45) is 5.28. The minimum atomic E-state index is -0.305. The molecule has 0 spiro atoms. The lowest BCUT2D eigenvalue weighted by Gasteiger charge is -2.13. The molecule has 112 valence electrons. The largest absolute Gasteiger partial charge is 0.490 e. The first-order valence-electron chi connectivity index (χ1n) is 7.31. The lowest BCUT2D eigenvalue weighted by Crippen LogP contribution is -2.15. The Morgan fingerprint density at radius 3 is 2.76 bits per heavy atom. The molecule has 2 rings (SSSR count). The van der Waals surface area contributed by atoms with E-state index in [1.807, 2.05) is 18.2 Å². The number of hydrogen-bond donors (Lipinski definition) is 1. The summed E-state index contributed by atoms with van der Waals surface area (Å²) in [5.74, 6) is 0.0516. The van der Waals surface area contributed by atoms with E-state index in [0.717, 1.165) is 30.5 Å². The van der Waals surface area contributed by atoms with Crippen molar-refractivity contribution in [2.75, 3.05) is 13.2 Å². The van der Waals surface area contributed by atoms with E-state index in [1.165, 1.54) is 6.07 Å². The predicted octanol–water partition coefficient (Wildman–Crippen LogP) is 3.34. The van der Waals surface area contributed by atoms with Crippen LogP contribution < -0.4 is 10.1 Å². The highest BCUT2D eigenvalue weighted by Crippen LogP contribution is 2.22. The third-order valence-corrected chi connectivity index (χ3v) is 3.18. The highest BCUT2D eigenvalue weighted by Gasteiger charge is 2.09. The first-order valence-corrected chi connectivity index (χ1v) is 7.31. The van der Waals surface area contributed by atoms with Crippen LogP contribution in [0.15, 0.2) is 42.7 Å². The summed E-state index contributed by atoms with van der Waals surface area (Å²) in [7, 11) is 0. The molecular formula is C17H21FN2O. The molecule has 2 aromatic rings. The second-order valence-corrected chi connectivity index (χ2v) is 4.86. The molecule has 0 atom stereocenters. The van der Waals surface area contributed by atoms with Crippen LogP contribution in [0.2, 0.25) is 0 Å². The van der Waals surface area contributed by atoms with Crippen LogP contribution in [0.25, 0.3) is 0 Å². The molecule has 0 radical (unpaired) electrons. The third kappa shape index (κ3) is 4.83. The van der Waals surface area contributed by atoms with Crippen molar-refractivity contribution in [1.82, 2.24) is 10.3 Å². The minimum Gasteiger partial charge on any atom is -0.490 e. The first kappa shape index (κ1) is 15.4. The smallest absolute Gasteiger partial charge is 0.165 e. The zero-order chi connectivity index (χ0) is 14.9. The molecule has 0 fully saturated rings. The van der Waals surface area contributed by atoms with Gasteiger partial charge in [0, 0.05) is 30.9 Å². The van der Waals surface area contributed by atoms with Gasteiger partial charge >= 0.3 is 0 Å². The van der Waals surface area contributed by atoms with Gasteiger partial charge in [-0.2, -0.15) is 0 Å².